The van der Waals surface area contributed by atoms with E-state index in [0.717, 1.165) is 0 Å². The highest BCUT2D eigenvalue weighted by Gasteiger charge is 2.37. The molecule has 1 aromatic carbocycles. The molecule has 0 amide bonds. The lowest BCUT2D eigenvalue weighted by Gasteiger charge is -2.23. The number of hydrogen-bond donors (Lipinski definition) is 1. The minimum Gasteiger partial charge on any atom is -0.467 e. The fraction of sp³-hybridized carbons (Fsp3) is 0.364. The SMILES string of the molecule is CCC(O)(C(=O)OC)c1ccc(Cl)cc1. The van der Waals surface area contributed by atoms with Gasteiger partial charge in [0.2, 0.25) is 0 Å². The zero-order valence-electron chi connectivity index (χ0n) is 8.66. The number of ether oxygens (including phenoxy) is 1. The van der Waals surface area contributed by atoms with Crippen molar-refractivity contribution in [1.29, 1.82) is 0 Å². The molecule has 0 aromatic heterocycles. The average molecular weight is 229 g/mol. The van der Waals surface area contributed by atoms with E-state index in [1.165, 1.54) is 7.11 Å². The van der Waals surface area contributed by atoms with Crippen LogP contribution in [0.1, 0.15) is 18.9 Å². The van der Waals surface area contributed by atoms with Gasteiger partial charge in [-0.15, -0.1) is 0 Å². The van der Waals surface area contributed by atoms with Crippen LogP contribution in [0, 0.1) is 0 Å². The normalized spacial score (nSPS) is 14.4. The van der Waals surface area contributed by atoms with Crippen molar-refractivity contribution in [3.05, 3.63) is 34.9 Å². The van der Waals surface area contributed by atoms with Gasteiger partial charge in [-0.05, 0) is 24.1 Å². The molecule has 1 N–H and O–H groups in total. The van der Waals surface area contributed by atoms with Gasteiger partial charge in [0.05, 0.1) is 7.11 Å². The molecule has 82 valence electrons. The first-order valence-electron chi connectivity index (χ1n) is 4.61. The summed E-state index contributed by atoms with van der Waals surface area (Å²) in [5.74, 6) is -0.660. The van der Waals surface area contributed by atoms with E-state index >= 15 is 0 Å². The second-order valence-corrected chi connectivity index (χ2v) is 3.65. The van der Waals surface area contributed by atoms with Gasteiger partial charge in [-0.2, -0.15) is 0 Å². The standard InChI is InChI=1S/C11H13ClO3/c1-3-11(14,10(13)15-2)8-4-6-9(12)7-5-8/h4-7,14H,3H2,1-2H3. The van der Waals surface area contributed by atoms with E-state index in [2.05, 4.69) is 4.74 Å². The minimum atomic E-state index is -1.58. The Morgan fingerprint density at radius 1 is 1.47 bits per heavy atom. The highest BCUT2D eigenvalue weighted by atomic mass is 35.5. The van der Waals surface area contributed by atoms with Crippen LogP contribution in [0.25, 0.3) is 0 Å². The van der Waals surface area contributed by atoms with Gasteiger partial charge in [0.15, 0.2) is 5.60 Å². The van der Waals surface area contributed by atoms with E-state index in [0.29, 0.717) is 10.6 Å². The molecule has 0 aliphatic carbocycles. The maximum atomic E-state index is 11.4. The molecule has 1 aromatic rings. The van der Waals surface area contributed by atoms with E-state index < -0.39 is 11.6 Å². The molecule has 0 aliphatic heterocycles. The van der Waals surface area contributed by atoms with Crippen LogP contribution in [0.5, 0.6) is 0 Å². The number of halogens is 1. The summed E-state index contributed by atoms with van der Waals surface area (Å²) in [4.78, 5) is 11.4. The first-order chi connectivity index (χ1) is 7.04. The first-order valence-corrected chi connectivity index (χ1v) is 4.99. The Bertz CT molecular complexity index is 347. The Hall–Kier alpha value is -1.06. The van der Waals surface area contributed by atoms with Crippen molar-refractivity contribution in [2.24, 2.45) is 0 Å². The number of rotatable bonds is 3. The fourth-order valence-corrected chi connectivity index (χ4v) is 1.49. The van der Waals surface area contributed by atoms with Crippen LogP contribution >= 0.6 is 11.6 Å². The molecule has 0 saturated carbocycles. The minimum absolute atomic E-state index is 0.251. The van der Waals surface area contributed by atoms with Crippen LogP contribution in [-0.4, -0.2) is 18.2 Å². The van der Waals surface area contributed by atoms with E-state index in [1.807, 2.05) is 0 Å². The highest BCUT2D eigenvalue weighted by molar-refractivity contribution is 6.30. The summed E-state index contributed by atoms with van der Waals surface area (Å²) in [6.45, 7) is 1.71. The van der Waals surface area contributed by atoms with E-state index in [-0.39, 0.29) is 6.42 Å². The summed E-state index contributed by atoms with van der Waals surface area (Å²) in [6, 6.07) is 6.48. The zero-order valence-corrected chi connectivity index (χ0v) is 9.41. The molecule has 0 aliphatic rings. The summed E-state index contributed by atoms with van der Waals surface area (Å²) in [5.41, 5.74) is -1.10. The molecule has 1 atom stereocenters. The molecule has 0 heterocycles. The molecule has 0 bridgehead atoms. The molecule has 0 fully saturated rings. The Kier molecular flexibility index (Phi) is 3.72. The van der Waals surface area contributed by atoms with Gasteiger partial charge in [-0.3, -0.25) is 0 Å². The second kappa shape index (κ2) is 4.64. The van der Waals surface area contributed by atoms with E-state index in [4.69, 9.17) is 11.6 Å². The third-order valence-corrected chi connectivity index (χ3v) is 2.61. The quantitative estimate of drug-likeness (QED) is 0.806. The maximum Gasteiger partial charge on any atom is 0.342 e. The Balaban J connectivity index is 3.11. The van der Waals surface area contributed by atoms with Gasteiger partial charge in [-0.1, -0.05) is 30.7 Å². The van der Waals surface area contributed by atoms with Gasteiger partial charge in [0.1, 0.15) is 0 Å². The van der Waals surface area contributed by atoms with E-state index in [1.54, 1.807) is 31.2 Å². The molecule has 3 nitrogen and oxygen atoms in total. The molecular formula is C11H13ClO3. The largest absolute Gasteiger partial charge is 0.467 e. The van der Waals surface area contributed by atoms with Gasteiger partial charge >= 0.3 is 5.97 Å². The number of carbonyl (C=O) groups is 1. The average Bonchev–Trinajstić information content (AvgIpc) is 2.27. The van der Waals surface area contributed by atoms with Crippen LogP contribution in [0.15, 0.2) is 24.3 Å². The van der Waals surface area contributed by atoms with E-state index in [9.17, 15) is 9.90 Å². The van der Waals surface area contributed by atoms with Gasteiger partial charge < -0.3 is 9.84 Å². The Morgan fingerprint density at radius 3 is 2.40 bits per heavy atom. The number of aliphatic hydroxyl groups is 1. The summed E-state index contributed by atoms with van der Waals surface area (Å²) in [7, 11) is 1.25. The van der Waals surface area contributed by atoms with Crippen LogP contribution in [0.4, 0.5) is 0 Å². The van der Waals surface area contributed by atoms with Crippen molar-refractivity contribution in [1.82, 2.24) is 0 Å². The second-order valence-electron chi connectivity index (χ2n) is 3.21. The van der Waals surface area contributed by atoms with Crippen LogP contribution in [-0.2, 0) is 15.1 Å². The molecule has 15 heavy (non-hydrogen) atoms. The van der Waals surface area contributed by atoms with Gasteiger partial charge in [-0.25, -0.2) is 4.79 Å². The fourth-order valence-electron chi connectivity index (χ4n) is 1.36. The zero-order chi connectivity index (χ0) is 11.5. The number of hydrogen-bond acceptors (Lipinski definition) is 3. The smallest absolute Gasteiger partial charge is 0.342 e. The Labute approximate surface area is 93.6 Å². The third kappa shape index (κ3) is 2.30. The van der Waals surface area contributed by atoms with Crippen molar-refractivity contribution >= 4 is 17.6 Å². The molecule has 4 heteroatoms. The molecule has 1 rings (SSSR count). The van der Waals surface area contributed by atoms with Crippen LogP contribution < -0.4 is 0 Å². The molecule has 1 unspecified atom stereocenters. The van der Waals surface area contributed by atoms with Crippen molar-refractivity contribution < 1.29 is 14.6 Å². The van der Waals surface area contributed by atoms with Crippen molar-refractivity contribution in [2.45, 2.75) is 18.9 Å². The molecule has 0 radical (unpaired) electrons. The number of benzene rings is 1. The van der Waals surface area contributed by atoms with Crippen LogP contribution in [0.3, 0.4) is 0 Å². The Morgan fingerprint density at radius 2 is 2.00 bits per heavy atom. The van der Waals surface area contributed by atoms with Crippen molar-refractivity contribution in [2.75, 3.05) is 7.11 Å². The topological polar surface area (TPSA) is 46.5 Å². The summed E-state index contributed by atoms with van der Waals surface area (Å²) in [5, 5.41) is 10.7. The number of carbonyl (C=O) groups excluding carboxylic acids is 1. The number of methoxy groups -OCH3 is 1. The van der Waals surface area contributed by atoms with Crippen molar-refractivity contribution in [3.63, 3.8) is 0 Å². The number of esters is 1. The van der Waals surface area contributed by atoms with Crippen molar-refractivity contribution in [3.8, 4) is 0 Å². The monoisotopic (exact) mass is 228 g/mol. The predicted octanol–water partition coefficient (Wildman–Crippen LogP) is 2.11. The summed E-state index contributed by atoms with van der Waals surface area (Å²) in [6.07, 6.45) is 0.251. The summed E-state index contributed by atoms with van der Waals surface area (Å²) < 4.78 is 4.57. The maximum absolute atomic E-state index is 11.4. The highest BCUT2D eigenvalue weighted by Crippen LogP contribution is 2.27. The van der Waals surface area contributed by atoms with Gasteiger partial charge in [0, 0.05) is 5.02 Å². The molecular weight excluding hydrogens is 216 g/mol. The summed E-state index contributed by atoms with van der Waals surface area (Å²) >= 11 is 5.72. The van der Waals surface area contributed by atoms with Gasteiger partial charge in [0.25, 0.3) is 0 Å². The first kappa shape index (κ1) is 12.0. The predicted molar refractivity (Wildman–Crippen MR) is 57.7 cm³/mol. The lowest BCUT2D eigenvalue weighted by molar-refractivity contribution is -0.164. The lowest BCUT2D eigenvalue weighted by Crippen LogP contribution is -2.36. The molecule has 0 spiro atoms. The molecule has 0 saturated heterocycles. The van der Waals surface area contributed by atoms with Crippen LogP contribution in [0.2, 0.25) is 5.02 Å². The third-order valence-electron chi connectivity index (χ3n) is 2.36. The lowest BCUT2D eigenvalue weighted by atomic mass is 9.91.